The Morgan fingerprint density at radius 2 is 1.88 bits per heavy atom. The first kappa shape index (κ1) is 23.3. The number of ether oxygens (including phenoxy) is 1. The molecule has 7 heteroatoms. The van der Waals surface area contributed by atoms with E-state index in [1.165, 1.54) is 5.56 Å². The molecule has 1 heterocycles. The maximum absolute atomic E-state index is 13.3. The van der Waals surface area contributed by atoms with Crippen LogP contribution in [-0.2, 0) is 22.5 Å². The minimum atomic E-state index is -0.352. The fourth-order valence-electron chi connectivity index (χ4n) is 3.83. The van der Waals surface area contributed by atoms with E-state index in [0.717, 1.165) is 36.1 Å². The molecule has 0 unspecified atom stereocenters. The van der Waals surface area contributed by atoms with Crippen LogP contribution in [0.3, 0.4) is 0 Å². The highest BCUT2D eigenvalue weighted by Crippen LogP contribution is 2.27. The first-order valence-electron chi connectivity index (χ1n) is 11.2. The highest BCUT2D eigenvalue weighted by atomic mass is 16.5. The maximum Gasteiger partial charge on any atom is 0.315 e. The van der Waals surface area contributed by atoms with E-state index in [9.17, 15) is 14.4 Å². The Morgan fingerprint density at radius 3 is 2.66 bits per heavy atom. The number of rotatable bonds is 7. The second-order valence-electron chi connectivity index (χ2n) is 7.85. The normalized spacial score (nSPS) is 13.0. The van der Waals surface area contributed by atoms with Gasteiger partial charge < -0.3 is 20.3 Å². The zero-order chi connectivity index (χ0) is 22.9. The van der Waals surface area contributed by atoms with Crippen molar-refractivity contribution in [1.29, 1.82) is 0 Å². The van der Waals surface area contributed by atoms with E-state index >= 15 is 0 Å². The molecule has 0 saturated carbocycles. The number of hydrogen-bond donors (Lipinski definition) is 2. The van der Waals surface area contributed by atoms with Crippen molar-refractivity contribution >= 4 is 23.6 Å². The maximum atomic E-state index is 13.3. The molecule has 0 fully saturated rings. The SMILES string of the molecule is CCOC(=O)CCNC(=O)NCc1ccc(C(=O)N2CCCCc3ccccc32)cc1C. The molecule has 0 aliphatic carbocycles. The third kappa shape index (κ3) is 6.09. The van der Waals surface area contributed by atoms with E-state index in [-0.39, 0.29) is 30.9 Å². The number of carbonyl (C=O) groups is 3. The van der Waals surface area contributed by atoms with Crippen LogP contribution in [0.2, 0.25) is 0 Å². The first-order chi connectivity index (χ1) is 15.5. The van der Waals surface area contributed by atoms with Crippen LogP contribution in [0.1, 0.15) is 53.2 Å². The lowest BCUT2D eigenvalue weighted by atomic mass is 10.0. The Morgan fingerprint density at radius 1 is 1.06 bits per heavy atom. The summed E-state index contributed by atoms with van der Waals surface area (Å²) in [6.45, 7) is 5.26. The van der Waals surface area contributed by atoms with Gasteiger partial charge in [-0.3, -0.25) is 9.59 Å². The lowest BCUT2D eigenvalue weighted by Crippen LogP contribution is -2.36. The number of nitrogens with one attached hydrogen (secondary N) is 2. The van der Waals surface area contributed by atoms with Crippen molar-refractivity contribution in [1.82, 2.24) is 10.6 Å². The van der Waals surface area contributed by atoms with Crippen LogP contribution >= 0.6 is 0 Å². The van der Waals surface area contributed by atoms with Crippen molar-refractivity contribution in [3.05, 3.63) is 64.7 Å². The predicted molar refractivity (Wildman–Crippen MR) is 124 cm³/mol. The van der Waals surface area contributed by atoms with Gasteiger partial charge in [0, 0.05) is 30.9 Å². The largest absolute Gasteiger partial charge is 0.466 e. The summed E-state index contributed by atoms with van der Waals surface area (Å²) in [7, 11) is 0. The summed E-state index contributed by atoms with van der Waals surface area (Å²) in [6.07, 6.45) is 3.18. The quantitative estimate of drug-likeness (QED) is 0.646. The van der Waals surface area contributed by atoms with E-state index in [1.54, 1.807) is 6.92 Å². The Balaban J connectivity index is 1.59. The van der Waals surface area contributed by atoms with Gasteiger partial charge in [-0.15, -0.1) is 0 Å². The van der Waals surface area contributed by atoms with Crippen LogP contribution in [0, 0.1) is 6.92 Å². The molecule has 0 aromatic heterocycles. The minimum Gasteiger partial charge on any atom is -0.466 e. The van der Waals surface area contributed by atoms with Gasteiger partial charge >= 0.3 is 12.0 Å². The van der Waals surface area contributed by atoms with Gasteiger partial charge in [0.2, 0.25) is 0 Å². The first-order valence-corrected chi connectivity index (χ1v) is 11.2. The minimum absolute atomic E-state index is 0.00123. The number of urea groups is 1. The number of carbonyl (C=O) groups excluding carboxylic acids is 3. The molecule has 2 N–H and O–H groups in total. The number of nitrogens with zero attached hydrogens (tertiary/aromatic N) is 1. The fourth-order valence-corrected chi connectivity index (χ4v) is 3.83. The standard InChI is InChI=1S/C25H31N3O4/c1-3-32-23(29)13-14-26-25(31)27-17-21-12-11-20(16-18(21)2)24(30)28-15-7-6-9-19-8-4-5-10-22(19)28/h4-5,8,10-12,16H,3,6-7,9,13-15,17H2,1-2H3,(H2,26,27,31). The molecular formula is C25H31N3O4. The number of para-hydroxylation sites is 1. The highest BCUT2D eigenvalue weighted by molar-refractivity contribution is 6.06. The summed E-state index contributed by atoms with van der Waals surface area (Å²) < 4.78 is 4.83. The number of benzene rings is 2. The van der Waals surface area contributed by atoms with Gasteiger partial charge in [0.15, 0.2) is 0 Å². The van der Waals surface area contributed by atoms with Crippen molar-refractivity contribution in [2.75, 3.05) is 24.6 Å². The van der Waals surface area contributed by atoms with E-state index in [0.29, 0.717) is 25.3 Å². The number of fused-ring (bicyclic) bond motifs is 1. The molecule has 32 heavy (non-hydrogen) atoms. The summed E-state index contributed by atoms with van der Waals surface area (Å²) in [4.78, 5) is 38.4. The van der Waals surface area contributed by atoms with Gasteiger partial charge in [-0.05, 0) is 68.0 Å². The zero-order valence-corrected chi connectivity index (χ0v) is 18.8. The van der Waals surface area contributed by atoms with Crippen LogP contribution in [0.4, 0.5) is 10.5 Å². The topological polar surface area (TPSA) is 87.7 Å². The van der Waals surface area contributed by atoms with Crippen molar-refractivity contribution in [2.45, 2.75) is 46.1 Å². The summed E-state index contributed by atoms with van der Waals surface area (Å²) in [6, 6.07) is 13.3. The summed E-state index contributed by atoms with van der Waals surface area (Å²) in [5.74, 6) is -0.338. The Labute approximate surface area is 189 Å². The summed E-state index contributed by atoms with van der Waals surface area (Å²) >= 11 is 0. The van der Waals surface area contributed by atoms with Crippen LogP contribution in [0.5, 0.6) is 0 Å². The molecule has 2 aromatic carbocycles. The van der Waals surface area contributed by atoms with Gasteiger partial charge in [-0.2, -0.15) is 0 Å². The van der Waals surface area contributed by atoms with Gasteiger partial charge in [0.25, 0.3) is 5.91 Å². The Hall–Kier alpha value is -3.35. The molecule has 3 rings (SSSR count). The number of aryl methyl sites for hydroxylation is 2. The van der Waals surface area contributed by atoms with Crippen molar-refractivity contribution in [2.24, 2.45) is 0 Å². The molecule has 0 radical (unpaired) electrons. The fraction of sp³-hybridized carbons (Fsp3) is 0.400. The molecule has 1 aliphatic rings. The van der Waals surface area contributed by atoms with E-state index < -0.39 is 0 Å². The zero-order valence-electron chi connectivity index (χ0n) is 18.8. The smallest absolute Gasteiger partial charge is 0.315 e. The Bertz CT molecular complexity index is 973. The van der Waals surface area contributed by atoms with Crippen LogP contribution in [0.15, 0.2) is 42.5 Å². The van der Waals surface area contributed by atoms with Crippen LogP contribution in [-0.4, -0.2) is 37.6 Å². The van der Waals surface area contributed by atoms with Crippen molar-refractivity contribution < 1.29 is 19.1 Å². The third-order valence-electron chi connectivity index (χ3n) is 5.55. The molecule has 3 amide bonds. The average Bonchev–Trinajstić information content (AvgIpc) is 3.00. The van der Waals surface area contributed by atoms with Crippen molar-refractivity contribution in [3.63, 3.8) is 0 Å². The van der Waals surface area contributed by atoms with Crippen LogP contribution in [0.25, 0.3) is 0 Å². The number of amides is 3. The second kappa shape index (κ2) is 11.3. The lowest BCUT2D eigenvalue weighted by molar-refractivity contribution is -0.142. The van der Waals surface area contributed by atoms with E-state index in [1.807, 2.05) is 48.2 Å². The van der Waals surface area contributed by atoms with Gasteiger partial charge in [0.1, 0.15) is 0 Å². The van der Waals surface area contributed by atoms with Gasteiger partial charge in [-0.25, -0.2) is 4.79 Å². The van der Waals surface area contributed by atoms with E-state index in [4.69, 9.17) is 4.74 Å². The molecular weight excluding hydrogens is 406 g/mol. The summed E-state index contributed by atoms with van der Waals surface area (Å²) in [5.41, 5.74) is 4.72. The summed E-state index contributed by atoms with van der Waals surface area (Å²) in [5, 5.41) is 5.42. The molecule has 0 spiro atoms. The molecule has 170 valence electrons. The molecule has 7 nitrogen and oxygen atoms in total. The molecule has 0 bridgehead atoms. The van der Waals surface area contributed by atoms with Gasteiger partial charge in [-0.1, -0.05) is 24.3 Å². The van der Waals surface area contributed by atoms with E-state index in [2.05, 4.69) is 16.7 Å². The Kier molecular flexibility index (Phi) is 8.25. The monoisotopic (exact) mass is 437 g/mol. The average molecular weight is 438 g/mol. The molecule has 0 saturated heterocycles. The molecule has 0 atom stereocenters. The number of hydrogen-bond acceptors (Lipinski definition) is 4. The third-order valence-corrected chi connectivity index (χ3v) is 5.55. The van der Waals surface area contributed by atoms with Crippen molar-refractivity contribution in [3.8, 4) is 0 Å². The van der Waals surface area contributed by atoms with Crippen LogP contribution < -0.4 is 15.5 Å². The second-order valence-corrected chi connectivity index (χ2v) is 7.85. The predicted octanol–water partition coefficient (Wildman–Crippen LogP) is 3.73. The van der Waals surface area contributed by atoms with Gasteiger partial charge in [0.05, 0.1) is 13.0 Å². The molecule has 2 aromatic rings. The lowest BCUT2D eigenvalue weighted by Gasteiger charge is -2.23. The highest BCUT2D eigenvalue weighted by Gasteiger charge is 2.22. The number of esters is 1. The number of anilines is 1. The molecule has 1 aliphatic heterocycles.